The lowest BCUT2D eigenvalue weighted by Crippen LogP contribution is -2.33. The van der Waals surface area contributed by atoms with Gasteiger partial charge in [-0.15, -0.1) is 11.8 Å². The molecule has 0 aromatic heterocycles. The highest BCUT2D eigenvalue weighted by Crippen LogP contribution is 2.30. The topological polar surface area (TPSA) is 29.3 Å². The summed E-state index contributed by atoms with van der Waals surface area (Å²) in [5.41, 5.74) is 8.18. The Labute approximate surface area is 133 Å². The molecule has 0 amide bonds. The van der Waals surface area contributed by atoms with E-state index in [0.29, 0.717) is 16.8 Å². The van der Waals surface area contributed by atoms with Crippen molar-refractivity contribution >= 4 is 34.7 Å². The van der Waals surface area contributed by atoms with Gasteiger partial charge in [0.2, 0.25) is 0 Å². The van der Waals surface area contributed by atoms with Gasteiger partial charge >= 0.3 is 0 Å². The molecule has 0 bridgehead atoms. The highest BCUT2D eigenvalue weighted by atomic mass is 32.2. The predicted octanol–water partition coefficient (Wildman–Crippen LogP) is 4.16. The fourth-order valence-corrected chi connectivity index (χ4v) is 3.27. The molecular weight excluding hydrogens is 284 g/mol. The SMILES string of the molecule is CSc1cccc(N(CC(C)C)CC(C)C)c1C(N)=S. The minimum atomic E-state index is 0.488. The third kappa shape index (κ3) is 4.67. The molecule has 1 aromatic carbocycles. The molecule has 0 heterocycles. The van der Waals surface area contributed by atoms with Gasteiger partial charge in [-0.25, -0.2) is 0 Å². The fraction of sp³-hybridized carbons (Fsp3) is 0.562. The number of nitrogens with zero attached hydrogens (tertiary/aromatic N) is 1. The van der Waals surface area contributed by atoms with E-state index in [1.165, 1.54) is 5.69 Å². The van der Waals surface area contributed by atoms with Crippen LogP contribution < -0.4 is 10.6 Å². The molecule has 0 radical (unpaired) electrons. The Morgan fingerprint density at radius 2 is 1.75 bits per heavy atom. The highest BCUT2D eigenvalue weighted by molar-refractivity contribution is 7.98. The number of rotatable bonds is 7. The molecule has 112 valence electrons. The van der Waals surface area contributed by atoms with Gasteiger partial charge in [-0.05, 0) is 30.2 Å². The van der Waals surface area contributed by atoms with Gasteiger partial charge < -0.3 is 10.6 Å². The first-order chi connectivity index (χ1) is 9.36. The Balaban J connectivity index is 3.27. The number of nitrogens with two attached hydrogens (primary N) is 1. The third-order valence-electron chi connectivity index (χ3n) is 2.98. The molecule has 1 aromatic rings. The van der Waals surface area contributed by atoms with E-state index in [1.54, 1.807) is 11.8 Å². The average molecular weight is 311 g/mol. The zero-order valence-corrected chi connectivity index (χ0v) is 14.8. The lowest BCUT2D eigenvalue weighted by Gasteiger charge is -2.31. The monoisotopic (exact) mass is 310 g/mol. The van der Waals surface area contributed by atoms with Crippen molar-refractivity contribution in [2.75, 3.05) is 24.2 Å². The molecule has 2 N–H and O–H groups in total. The lowest BCUT2D eigenvalue weighted by atomic mass is 10.1. The van der Waals surface area contributed by atoms with Crippen LogP contribution in [0, 0.1) is 11.8 Å². The summed E-state index contributed by atoms with van der Waals surface area (Å²) >= 11 is 6.99. The normalized spacial score (nSPS) is 11.2. The molecule has 0 aliphatic rings. The van der Waals surface area contributed by atoms with Crippen LogP contribution in [-0.2, 0) is 0 Å². The Kier molecular flexibility index (Phi) is 6.83. The van der Waals surface area contributed by atoms with Crippen LogP contribution in [0.2, 0.25) is 0 Å². The van der Waals surface area contributed by atoms with Crippen molar-refractivity contribution in [1.82, 2.24) is 0 Å². The van der Waals surface area contributed by atoms with Gasteiger partial charge in [0.15, 0.2) is 0 Å². The van der Waals surface area contributed by atoms with Gasteiger partial charge in [-0.1, -0.05) is 46.0 Å². The first-order valence-electron chi connectivity index (χ1n) is 7.08. The van der Waals surface area contributed by atoms with E-state index in [0.717, 1.165) is 23.5 Å². The van der Waals surface area contributed by atoms with Crippen molar-refractivity contribution in [2.24, 2.45) is 17.6 Å². The second-order valence-corrected chi connectivity index (χ2v) is 7.20. The van der Waals surface area contributed by atoms with Crippen molar-refractivity contribution in [3.63, 3.8) is 0 Å². The molecule has 0 fully saturated rings. The molecule has 0 saturated carbocycles. The minimum Gasteiger partial charge on any atom is -0.389 e. The van der Waals surface area contributed by atoms with Crippen LogP contribution in [0.15, 0.2) is 23.1 Å². The number of thiocarbonyl (C=S) groups is 1. The van der Waals surface area contributed by atoms with Crippen LogP contribution in [0.25, 0.3) is 0 Å². The summed E-state index contributed by atoms with van der Waals surface area (Å²) < 4.78 is 0. The molecule has 0 unspecified atom stereocenters. The van der Waals surface area contributed by atoms with Crippen LogP contribution in [-0.4, -0.2) is 24.3 Å². The number of hydrogen-bond donors (Lipinski definition) is 1. The number of anilines is 1. The van der Waals surface area contributed by atoms with E-state index >= 15 is 0 Å². The standard InChI is InChI=1S/C16H26N2S2/c1-11(2)9-18(10-12(3)4)13-7-6-8-14(20-5)15(13)16(17)19/h6-8,11-12H,9-10H2,1-5H3,(H2,17,19). The summed E-state index contributed by atoms with van der Waals surface area (Å²) in [6.07, 6.45) is 2.07. The summed E-state index contributed by atoms with van der Waals surface area (Å²) in [4.78, 5) is 4.07. The molecule has 2 nitrogen and oxygen atoms in total. The van der Waals surface area contributed by atoms with Crippen molar-refractivity contribution in [3.05, 3.63) is 23.8 Å². The minimum absolute atomic E-state index is 0.488. The third-order valence-corrected chi connectivity index (χ3v) is 3.97. The van der Waals surface area contributed by atoms with Crippen LogP contribution in [0.5, 0.6) is 0 Å². The maximum Gasteiger partial charge on any atom is 0.107 e. The molecule has 4 heteroatoms. The average Bonchev–Trinajstić information content (AvgIpc) is 2.35. The van der Waals surface area contributed by atoms with E-state index in [9.17, 15) is 0 Å². The Bertz CT molecular complexity index is 446. The molecule has 20 heavy (non-hydrogen) atoms. The zero-order valence-electron chi connectivity index (χ0n) is 13.1. The van der Waals surface area contributed by atoms with Crippen molar-refractivity contribution in [2.45, 2.75) is 32.6 Å². The maximum atomic E-state index is 5.98. The van der Waals surface area contributed by atoms with Gasteiger partial charge in [-0.2, -0.15) is 0 Å². The number of hydrogen-bond acceptors (Lipinski definition) is 3. The molecule has 0 atom stereocenters. The Hall–Kier alpha value is -0.740. The van der Waals surface area contributed by atoms with Crippen LogP contribution in [0.4, 0.5) is 5.69 Å². The van der Waals surface area contributed by atoms with Gasteiger partial charge in [0.25, 0.3) is 0 Å². The molecule has 0 aliphatic carbocycles. The number of thioether (sulfide) groups is 1. The molecule has 0 saturated heterocycles. The predicted molar refractivity (Wildman–Crippen MR) is 96.0 cm³/mol. The van der Waals surface area contributed by atoms with E-state index in [4.69, 9.17) is 18.0 Å². The highest BCUT2D eigenvalue weighted by Gasteiger charge is 2.18. The van der Waals surface area contributed by atoms with Crippen molar-refractivity contribution < 1.29 is 0 Å². The summed E-state index contributed by atoms with van der Waals surface area (Å²) in [6, 6.07) is 6.32. The van der Waals surface area contributed by atoms with E-state index in [2.05, 4.69) is 57.0 Å². The number of benzene rings is 1. The quantitative estimate of drug-likeness (QED) is 0.605. The second-order valence-electron chi connectivity index (χ2n) is 5.91. The van der Waals surface area contributed by atoms with E-state index in [1.807, 2.05) is 0 Å². The van der Waals surface area contributed by atoms with Crippen molar-refractivity contribution in [1.29, 1.82) is 0 Å². The summed E-state index contributed by atoms with van der Waals surface area (Å²) in [5.74, 6) is 1.21. The van der Waals surface area contributed by atoms with Gasteiger partial charge in [0, 0.05) is 29.2 Å². The molecular formula is C16H26N2S2. The smallest absolute Gasteiger partial charge is 0.107 e. The van der Waals surface area contributed by atoms with Gasteiger partial charge in [0.05, 0.1) is 0 Å². The Morgan fingerprint density at radius 1 is 1.20 bits per heavy atom. The fourth-order valence-electron chi connectivity index (χ4n) is 2.35. The lowest BCUT2D eigenvalue weighted by molar-refractivity contribution is 0.552. The van der Waals surface area contributed by atoms with Crippen LogP contribution in [0.3, 0.4) is 0 Å². The van der Waals surface area contributed by atoms with Crippen LogP contribution in [0.1, 0.15) is 33.3 Å². The summed E-state index contributed by atoms with van der Waals surface area (Å²) in [7, 11) is 0. The molecule has 0 aliphatic heterocycles. The van der Waals surface area contributed by atoms with E-state index in [-0.39, 0.29) is 0 Å². The maximum absolute atomic E-state index is 5.98. The first-order valence-corrected chi connectivity index (χ1v) is 8.71. The second kappa shape index (κ2) is 7.89. The van der Waals surface area contributed by atoms with Crippen LogP contribution >= 0.6 is 24.0 Å². The van der Waals surface area contributed by atoms with E-state index < -0.39 is 0 Å². The largest absolute Gasteiger partial charge is 0.389 e. The molecule has 1 rings (SSSR count). The molecule has 0 spiro atoms. The van der Waals surface area contributed by atoms with Gasteiger partial charge in [0.1, 0.15) is 4.99 Å². The summed E-state index contributed by atoms with van der Waals surface area (Å²) in [6.45, 7) is 11.0. The zero-order chi connectivity index (χ0) is 15.3. The Morgan fingerprint density at radius 3 is 2.15 bits per heavy atom. The summed E-state index contributed by atoms with van der Waals surface area (Å²) in [5, 5.41) is 0. The first kappa shape index (κ1) is 17.3. The van der Waals surface area contributed by atoms with Gasteiger partial charge in [-0.3, -0.25) is 0 Å². The van der Waals surface area contributed by atoms with Crippen molar-refractivity contribution in [3.8, 4) is 0 Å².